The zero-order valence-electron chi connectivity index (χ0n) is 10.4. The largest absolute Gasteiger partial charge is 0.484 e. The number of hydrogen-bond acceptors (Lipinski definition) is 4. The lowest BCUT2D eigenvalue weighted by Gasteiger charge is -2.08. The van der Waals surface area contributed by atoms with Crippen LogP contribution >= 0.6 is 11.8 Å². The Balaban J connectivity index is 2.27. The zero-order valence-corrected chi connectivity index (χ0v) is 11.2. The molecule has 0 aliphatic carbocycles. The van der Waals surface area contributed by atoms with Gasteiger partial charge in [0, 0.05) is 0 Å². The molecule has 6 heteroatoms. The van der Waals surface area contributed by atoms with Gasteiger partial charge in [-0.2, -0.15) is 11.8 Å². The number of ether oxygens (including phenoxy) is 1. The lowest BCUT2D eigenvalue weighted by atomic mass is 10.2. The summed E-state index contributed by atoms with van der Waals surface area (Å²) >= 11 is 1.38. The van der Waals surface area contributed by atoms with Crippen LogP contribution in [0.4, 0.5) is 0 Å². The van der Waals surface area contributed by atoms with Gasteiger partial charge in [-0.05, 0) is 30.9 Å². The van der Waals surface area contributed by atoms with Gasteiger partial charge in [0.15, 0.2) is 6.61 Å². The van der Waals surface area contributed by atoms with Crippen LogP contribution in [0.5, 0.6) is 5.75 Å². The van der Waals surface area contributed by atoms with Crippen LogP contribution in [0.25, 0.3) is 0 Å². The fourth-order valence-electron chi connectivity index (χ4n) is 1.20. The maximum absolute atomic E-state index is 11.4. The first kappa shape index (κ1) is 14.4. The van der Waals surface area contributed by atoms with Gasteiger partial charge < -0.3 is 4.74 Å². The molecular weight excluding hydrogens is 252 g/mol. The molecule has 0 atom stereocenters. The first-order chi connectivity index (χ1) is 8.61. The number of carbonyl (C=O) groups excluding carboxylic acids is 2. The van der Waals surface area contributed by atoms with Gasteiger partial charge in [0.05, 0.1) is 5.75 Å². The summed E-state index contributed by atoms with van der Waals surface area (Å²) in [5.74, 6) is 0.289. The molecule has 0 spiro atoms. The molecule has 0 aliphatic rings. The predicted octanol–water partition coefficient (Wildman–Crippen LogP) is 0.884. The van der Waals surface area contributed by atoms with Crippen molar-refractivity contribution < 1.29 is 14.3 Å². The van der Waals surface area contributed by atoms with Gasteiger partial charge >= 0.3 is 0 Å². The van der Waals surface area contributed by atoms with E-state index in [0.29, 0.717) is 11.5 Å². The Hall–Kier alpha value is -1.69. The van der Waals surface area contributed by atoms with E-state index in [4.69, 9.17) is 4.74 Å². The minimum absolute atomic E-state index is 0.136. The van der Waals surface area contributed by atoms with Crippen molar-refractivity contribution in [2.24, 2.45) is 0 Å². The average molecular weight is 268 g/mol. The Labute approximate surface area is 110 Å². The number of amides is 2. The van der Waals surface area contributed by atoms with Crippen LogP contribution in [-0.2, 0) is 9.59 Å². The maximum atomic E-state index is 11.4. The second-order valence-corrected chi connectivity index (χ2v) is 4.50. The van der Waals surface area contributed by atoms with Crippen LogP contribution in [0, 0.1) is 6.92 Å². The number of benzene rings is 1. The number of hydrogen-bond donors (Lipinski definition) is 2. The highest BCUT2D eigenvalue weighted by atomic mass is 32.2. The van der Waals surface area contributed by atoms with Crippen molar-refractivity contribution in [1.29, 1.82) is 0 Å². The Bertz CT molecular complexity index is 424. The van der Waals surface area contributed by atoms with E-state index < -0.39 is 5.91 Å². The monoisotopic (exact) mass is 268 g/mol. The molecule has 1 aromatic carbocycles. The second kappa shape index (κ2) is 7.60. The highest BCUT2D eigenvalue weighted by Crippen LogP contribution is 2.11. The summed E-state index contributed by atoms with van der Waals surface area (Å²) in [6.45, 7) is 1.80. The molecule has 1 aromatic rings. The zero-order chi connectivity index (χ0) is 13.4. The number of hydrazine groups is 1. The van der Waals surface area contributed by atoms with Gasteiger partial charge in [-0.1, -0.05) is 12.1 Å². The number of rotatable bonds is 5. The summed E-state index contributed by atoms with van der Waals surface area (Å²) in [7, 11) is 0. The quantitative estimate of drug-likeness (QED) is 0.778. The van der Waals surface area contributed by atoms with E-state index in [1.165, 1.54) is 11.8 Å². The van der Waals surface area contributed by atoms with Gasteiger partial charge in [-0.3, -0.25) is 20.4 Å². The average Bonchev–Trinajstić information content (AvgIpc) is 2.34. The fourth-order valence-corrected chi connectivity index (χ4v) is 1.53. The van der Waals surface area contributed by atoms with Crippen molar-refractivity contribution in [2.45, 2.75) is 6.92 Å². The molecule has 0 saturated heterocycles. The molecule has 0 unspecified atom stereocenters. The van der Waals surface area contributed by atoms with Crippen molar-refractivity contribution in [2.75, 3.05) is 18.6 Å². The molecule has 0 radical (unpaired) electrons. The lowest BCUT2D eigenvalue weighted by molar-refractivity contribution is -0.128. The summed E-state index contributed by atoms with van der Waals surface area (Å²) in [4.78, 5) is 22.4. The maximum Gasteiger partial charge on any atom is 0.276 e. The number of nitrogens with one attached hydrogen (secondary N) is 2. The topological polar surface area (TPSA) is 67.4 Å². The lowest BCUT2D eigenvalue weighted by Crippen LogP contribution is -2.44. The second-order valence-electron chi connectivity index (χ2n) is 3.63. The molecule has 0 bridgehead atoms. The van der Waals surface area contributed by atoms with Gasteiger partial charge in [0.25, 0.3) is 5.91 Å². The van der Waals surface area contributed by atoms with E-state index in [0.717, 1.165) is 5.56 Å². The molecule has 0 aromatic heterocycles. The van der Waals surface area contributed by atoms with E-state index in [-0.39, 0.29) is 12.5 Å². The van der Waals surface area contributed by atoms with Crippen LogP contribution in [0.2, 0.25) is 0 Å². The van der Waals surface area contributed by atoms with Crippen LogP contribution in [0.15, 0.2) is 24.3 Å². The normalized spacial score (nSPS) is 9.67. The molecule has 2 amide bonds. The van der Waals surface area contributed by atoms with Gasteiger partial charge in [0.2, 0.25) is 5.91 Å². The minimum Gasteiger partial charge on any atom is -0.484 e. The third-order valence-corrected chi connectivity index (χ3v) is 2.53. The molecule has 0 fully saturated rings. The molecule has 2 N–H and O–H groups in total. The molecule has 0 heterocycles. The van der Waals surface area contributed by atoms with Crippen molar-refractivity contribution in [1.82, 2.24) is 10.9 Å². The standard InChI is InChI=1S/C12H16N2O3S/c1-9-4-3-5-10(6-9)17-7-11(15)13-14-12(16)8-18-2/h3-6H,7-8H2,1-2H3,(H,13,15)(H,14,16). The summed E-state index contributed by atoms with van der Waals surface area (Å²) < 4.78 is 5.27. The van der Waals surface area contributed by atoms with E-state index in [1.54, 1.807) is 6.07 Å². The first-order valence-electron chi connectivity index (χ1n) is 5.38. The van der Waals surface area contributed by atoms with Crippen LogP contribution in [0.3, 0.4) is 0 Å². The van der Waals surface area contributed by atoms with Gasteiger partial charge in [0.1, 0.15) is 5.75 Å². The van der Waals surface area contributed by atoms with Crippen molar-refractivity contribution >= 4 is 23.6 Å². The molecular formula is C12H16N2O3S. The molecule has 98 valence electrons. The number of aryl methyl sites for hydroxylation is 1. The van der Waals surface area contributed by atoms with Crippen molar-refractivity contribution in [3.8, 4) is 5.75 Å². The SMILES string of the molecule is CSCC(=O)NNC(=O)COc1cccc(C)c1. The minimum atomic E-state index is -0.397. The third kappa shape index (κ3) is 5.58. The summed E-state index contributed by atoms with van der Waals surface area (Å²) in [5, 5.41) is 0. The molecule has 0 aliphatic heterocycles. The Morgan fingerprint density at radius 3 is 2.67 bits per heavy atom. The Morgan fingerprint density at radius 2 is 2.00 bits per heavy atom. The first-order valence-corrected chi connectivity index (χ1v) is 6.77. The van der Waals surface area contributed by atoms with Crippen molar-refractivity contribution in [3.63, 3.8) is 0 Å². The molecule has 0 saturated carbocycles. The number of thioether (sulfide) groups is 1. The van der Waals surface area contributed by atoms with E-state index in [9.17, 15) is 9.59 Å². The van der Waals surface area contributed by atoms with Crippen molar-refractivity contribution in [3.05, 3.63) is 29.8 Å². The summed E-state index contributed by atoms with van der Waals surface area (Å²) in [5.41, 5.74) is 5.62. The highest BCUT2D eigenvalue weighted by molar-refractivity contribution is 7.99. The third-order valence-electron chi connectivity index (χ3n) is 1.98. The smallest absolute Gasteiger partial charge is 0.276 e. The highest BCUT2D eigenvalue weighted by Gasteiger charge is 2.04. The van der Waals surface area contributed by atoms with E-state index in [2.05, 4.69) is 10.9 Å². The van der Waals surface area contributed by atoms with Crippen LogP contribution in [-0.4, -0.2) is 30.4 Å². The molecule has 18 heavy (non-hydrogen) atoms. The summed E-state index contributed by atoms with van der Waals surface area (Å²) in [6, 6.07) is 7.39. The van der Waals surface area contributed by atoms with E-state index >= 15 is 0 Å². The molecule has 1 rings (SSSR count). The number of carbonyl (C=O) groups is 2. The molecule has 5 nitrogen and oxygen atoms in total. The Morgan fingerprint density at radius 1 is 1.28 bits per heavy atom. The fraction of sp³-hybridized carbons (Fsp3) is 0.333. The van der Waals surface area contributed by atoms with Gasteiger partial charge in [-0.25, -0.2) is 0 Å². The predicted molar refractivity (Wildman–Crippen MR) is 71.3 cm³/mol. The van der Waals surface area contributed by atoms with Crippen LogP contribution < -0.4 is 15.6 Å². The van der Waals surface area contributed by atoms with Gasteiger partial charge in [-0.15, -0.1) is 0 Å². The van der Waals surface area contributed by atoms with Crippen LogP contribution in [0.1, 0.15) is 5.56 Å². The van der Waals surface area contributed by atoms with E-state index in [1.807, 2.05) is 31.4 Å². The summed E-state index contributed by atoms with van der Waals surface area (Å²) in [6.07, 6.45) is 1.81. The Kier molecular flexibility index (Phi) is 6.07.